The number of pyridine rings is 2. The standard InChI is InChI=1S/C10H7ClN2O2/c1-15-10(14)7-4-6-2-3-12-5-8(6)13-9(7)11/h2-5H,1H3. The van der Waals surface area contributed by atoms with E-state index in [2.05, 4.69) is 14.7 Å². The van der Waals surface area contributed by atoms with Crippen molar-refractivity contribution < 1.29 is 9.53 Å². The molecule has 15 heavy (non-hydrogen) atoms. The molecule has 4 nitrogen and oxygen atoms in total. The molecule has 0 amide bonds. The molecule has 0 unspecified atom stereocenters. The lowest BCUT2D eigenvalue weighted by Gasteiger charge is -2.03. The van der Waals surface area contributed by atoms with Crippen LogP contribution in [0.25, 0.3) is 10.9 Å². The second kappa shape index (κ2) is 3.82. The number of aromatic nitrogens is 2. The maximum Gasteiger partial charge on any atom is 0.341 e. The summed E-state index contributed by atoms with van der Waals surface area (Å²) in [6.45, 7) is 0. The van der Waals surface area contributed by atoms with Gasteiger partial charge in [-0.15, -0.1) is 0 Å². The number of hydrogen-bond acceptors (Lipinski definition) is 4. The molecule has 0 bridgehead atoms. The summed E-state index contributed by atoms with van der Waals surface area (Å²) < 4.78 is 4.59. The number of ether oxygens (including phenoxy) is 1. The molecule has 0 spiro atoms. The molecule has 0 atom stereocenters. The quantitative estimate of drug-likeness (QED) is 0.548. The lowest BCUT2D eigenvalue weighted by molar-refractivity contribution is 0.0600. The molecule has 2 heterocycles. The Morgan fingerprint density at radius 1 is 1.53 bits per heavy atom. The van der Waals surface area contributed by atoms with Crippen molar-refractivity contribution in [1.82, 2.24) is 9.97 Å². The first kappa shape index (κ1) is 9.86. The molecule has 0 N–H and O–H groups in total. The van der Waals surface area contributed by atoms with Gasteiger partial charge in [0, 0.05) is 11.6 Å². The zero-order valence-electron chi connectivity index (χ0n) is 7.90. The van der Waals surface area contributed by atoms with Gasteiger partial charge in [-0.3, -0.25) is 4.98 Å². The monoisotopic (exact) mass is 222 g/mol. The van der Waals surface area contributed by atoms with Crippen LogP contribution in [0.2, 0.25) is 5.15 Å². The third-order valence-electron chi connectivity index (χ3n) is 1.98. The Labute approximate surface area is 90.9 Å². The van der Waals surface area contributed by atoms with Crippen LogP contribution in [0, 0.1) is 0 Å². The van der Waals surface area contributed by atoms with Crippen molar-refractivity contribution in [2.75, 3.05) is 7.11 Å². The Balaban J connectivity index is 2.67. The molecule has 0 aliphatic carbocycles. The SMILES string of the molecule is COC(=O)c1cc2ccncc2nc1Cl. The van der Waals surface area contributed by atoms with Gasteiger partial charge in [0.1, 0.15) is 5.15 Å². The van der Waals surface area contributed by atoms with E-state index in [9.17, 15) is 4.79 Å². The summed E-state index contributed by atoms with van der Waals surface area (Å²) >= 11 is 5.84. The van der Waals surface area contributed by atoms with Gasteiger partial charge in [0.25, 0.3) is 0 Å². The summed E-state index contributed by atoms with van der Waals surface area (Å²) in [5.74, 6) is -0.494. The summed E-state index contributed by atoms with van der Waals surface area (Å²) in [7, 11) is 1.30. The smallest absolute Gasteiger partial charge is 0.341 e. The molecule has 76 valence electrons. The van der Waals surface area contributed by atoms with Crippen LogP contribution < -0.4 is 0 Å². The number of esters is 1. The fraction of sp³-hybridized carbons (Fsp3) is 0.100. The molecule has 2 aromatic heterocycles. The molecule has 5 heteroatoms. The third-order valence-corrected chi connectivity index (χ3v) is 2.27. The predicted octanol–water partition coefficient (Wildman–Crippen LogP) is 2.07. The maximum atomic E-state index is 11.3. The summed E-state index contributed by atoms with van der Waals surface area (Å²) in [6, 6.07) is 3.39. The van der Waals surface area contributed by atoms with Gasteiger partial charge in [0.2, 0.25) is 0 Å². The van der Waals surface area contributed by atoms with Crippen molar-refractivity contribution in [1.29, 1.82) is 0 Å². The van der Waals surface area contributed by atoms with Crippen LogP contribution in [0.15, 0.2) is 24.5 Å². The first-order valence-corrected chi connectivity index (χ1v) is 4.59. The summed E-state index contributed by atoms with van der Waals surface area (Å²) in [4.78, 5) is 19.3. The Hall–Kier alpha value is -1.68. The van der Waals surface area contributed by atoms with Crippen LogP contribution in [0.4, 0.5) is 0 Å². The van der Waals surface area contributed by atoms with E-state index in [0.29, 0.717) is 5.52 Å². The van der Waals surface area contributed by atoms with Crippen molar-refractivity contribution in [3.8, 4) is 0 Å². The lowest BCUT2D eigenvalue weighted by Crippen LogP contribution is -2.03. The Bertz CT molecular complexity index is 528. The van der Waals surface area contributed by atoms with Crippen molar-refractivity contribution in [2.24, 2.45) is 0 Å². The predicted molar refractivity (Wildman–Crippen MR) is 55.9 cm³/mol. The molecular weight excluding hydrogens is 216 g/mol. The zero-order valence-corrected chi connectivity index (χ0v) is 8.65. The van der Waals surface area contributed by atoms with E-state index < -0.39 is 5.97 Å². The molecular formula is C10H7ClN2O2. The van der Waals surface area contributed by atoms with Crippen LogP contribution in [0.1, 0.15) is 10.4 Å². The van der Waals surface area contributed by atoms with Gasteiger partial charge < -0.3 is 4.74 Å². The molecule has 0 saturated carbocycles. The van der Waals surface area contributed by atoms with Gasteiger partial charge >= 0.3 is 5.97 Å². The van der Waals surface area contributed by atoms with E-state index in [0.717, 1.165) is 5.39 Å². The fourth-order valence-electron chi connectivity index (χ4n) is 1.25. The van der Waals surface area contributed by atoms with Crippen molar-refractivity contribution >= 4 is 28.5 Å². The van der Waals surface area contributed by atoms with E-state index in [1.165, 1.54) is 7.11 Å². The maximum absolute atomic E-state index is 11.3. The van der Waals surface area contributed by atoms with Crippen molar-refractivity contribution in [3.05, 3.63) is 35.2 Å². The number of rotatable bonds is 1. The topological polar surface area (TPSA) is 52.1 Å². The van der Waals surface area contributed by atoms with Crippen molar-refractivity contribution in [2.45, 2.75) is 0 Å². The number of carbonyl (C=O) groups excluding carboxylic acids is 1. The van der Waals surface area contributed by atoms with E-state index in [1.54, 1.807) is 24.5 Å². The highest BCUT2D eigenvalue weighted by Crippen LogP contribution is 2.20. The Morgan fingerprint density at radius 2 is 2.33 bits per heavy atom. The molecule has 2 rings (SSSR count). The van der Waals surface area contributed by atoms with Gasteiger partial charge in [-0.1, -0.05) is 11.6 Å². The average molecular weight is 223 g/mol. The summed E-state index contributed by atoms with van der Waals surface area (Å²) in [5.41, 5.74) is 0.910. The zero-order chi connectivity index (χ0) is 10.8. The van der Waals surface area contributed by atoms with Crippen LogP contribution in [0.5, 0.6) is 0 Å². The van der Waals surface area contributed by atoms with Gasteiger partial charge in [0.15, 0.2) is 0 Å². The van der Waals surface area contributed by atoms with Crippen LogP contribution in [-0.2, 0) is 4.74 Å². The molecule has 0 aromatic carbocycles. The number of carbonyl (C=O) groups is 1. The fourth-order valence-corrected chi connectivity index (χ4v) is 1.47. The van der Waals surface area contributed by atoms with Crippen LogP contribution in [-0.4, -0.2) is 23.0 Å². The Morgan fingerprint density at radius 3 is 3.07 bits per heavy atom. The molecule has 0 radical (unpaired) electrons. The Kier molecular flexibility index (Phi) is 2.51. The minimum Gasteiger partial charge on any atom is -0.465 e. The molecule has 2 aromatic rings. The van der Waals surface area contributed by atoms with E-state index >= 15 is 0 Å². The van der Waals surface area contributed by atoms with E-state index in [4.69, 9.17) is 11.6 Å². The number of methoxy groups -OCH3 is 1. The highest BCUT2D eigenvalue weighted by molar-refractivity contribution is 6.32. The highest BCUT2D eigenvalue weighted by atomic mass is 35.5. The molecule has 0 aliphatic heterocycles. The van der Waals surface area contributed by atoms with Gasteiger partial charge in [0.05, 0.1) is 24.4 Å². The number of nitrogens with zero attached hydrogens (tertiary/aromatic N) is 2. The van der Waals surface area contributed by atoms with Gasteiger partial charge in [-0.25, -0.2) is 9.78 Å². The summed E-state index contributed by atoms with van der Waals surface area (Å²) in [5, 5.41) is 0.928. The van der Waals surface area contributed by atoms with Gasteiger partial charge in [-0.2, -0.15) is 0 Å². The van der Waals surface area contributed by atoms with Gasteiger partial charge in [-0.05, 0) is 12.1 Å². The second-order valence-electron chi connectivity index (χ2n) is 2.89. The second-order valence-corrected chi connectivity index (χ2v) is 3.24. The highest BCUT2D eigenvalue weighted by Gasteiger charge is 2.12. The molecule has 0 fully saturated rings. The average Bonchev–Trinajstić information content (AvgIpc) is 2.27. The van der Waals surface area contributed by atoms with Crippen LogP contribution in [0.3, 0.4) is 0 Å². The minimum atomic E-state index is -0.494. The molecule has 0 aliphatic rings. The van der Waals surface area contributed by atoms with E-state index in [1.807, 2.05) is 0 Å². The largest absolute Gasteiger partial charge is 0.465 e. The number of hydrogen-bond donors (Lipinski definition) is 0. The number of halogens is 1. The first-order valence-electron chi connectivity index (χ1n) is 4.21. The minimum absolute atomic E-state index is 0.127. The summed E-state index contributed by atoms with van der Waals surface area (Å²) in [6.07, 6.45) is 3.21. The normalized spacial score (nSPS) is 10.3. The van der Waals surface area contributed by atoms with Crippen molar-refractivity contribution in [3.63, 3.8) is 0 Å². The molecule has 0 saturated heterocycles. The van der Waals surface area contributed by atoms with Crippen LogP contribution >= 0.6 is 11.6 Å². The first-order chi connectivity index (χ1) is 7.22. The van der Waals surface area contributed by atoms with E-state index in [-0.39, 0.29) is 10.7 Å². The lowest BCUT2D eigenvalue weighted by atomic mass is 10.2. The number of fused-ring (bicyclic) bond motifs is 1. The third kappa shape index (κ3) is 1.76.